The van der Waals surface area contributed by atoms with Crippen molar-refractivity contribution in [3.8, 4) is 0 Å². The number of fused-ring (bicyclic) bond motifs is 3. The quantitative estimate of drug-likeness (QED) is 0.637. The van der Waals surface area contributed by atoms with Crippen LogP contribution in [0.4, 0.5) is 0 Å². The Labute approximate surface area is 138 Å². The summed E-state index contributed by atoms with van der Waals surface area (Å²) in [6.45, 7) is 2.09. The van der Waals surface area contributed by atoms with Gasteiger partial charge in [0.15, 0.2) is 0 Å². The van der Waals surface area contributed by atoms with Gasteiger partial charge in [0.25, 0.3) is 0 Å². The second-order valence-corrected chi connectivity index (χ2v) is 6.96. The Morgan fingerprint density at radius 2 is 2.32 bits per heavy atom. The summed E-state index contributed by atoms with van der Waals surface area (Å²) < 4.78 is 0. The molecule has 2 aromatic rings. The monoisotopic (exact) mass is 336 g/mol. The van der Waals surface area contributed by atoms with E-state index in [0.717, 1.165) is 28.1 Å². The smallest absolute Gasteiger partial charge is 0.246 e. The number of carbonyl (C=O) groups is 1. The minimum Gasteiger partial charge on any atom is -0.334 e. The third kappa shape index (κ3) is 2.99. The van der Waals surface area contributed by atoms with Crippen LogP contribution in [-0.4, -0.2) is 52.9 Å². The molecule has 0 radical (unpaired) electrons. The van der Waals surface area contributed by atoms with Crippen LogP contribution in [0.25, 0.3) is 10.2 Å². The first-order chi connectivity index (χ1) is 10.6. The molecule has 3 heterocycles. The standard InChI is InChI=1S/C15H17ClN4OS/c1-19(2)6-3-4-12(21)20-7-5-10-11(8-20)22-15-13(10)14(16)17-9-18-15/h3-4,9H,5-8H2,1-2H3/b4-3+. The van der Waals surface area contributed by atoms with Gasteiger partial charge < -0.3 is 9.80 Å². The molecule has 2 aromatic heterocycles. The molecule has 0 spiro atoms. The highest BCUT2D eigenvalue weighted by atomic mass is 35.5. The number of nitrogens with zero attached hydrogens (tertiary/aromatic N) is 4. The first-order valence-electron chi connectivity index (χ1n) is 7.07. The van der Waals surface area contributed by atoms with Crippen molar-refractivity contribution >= 4 is 39.1 Å². The van der Waals surface area contributed by atoms with Gasteiger partial charge in [-0.2, -0.15) is 0 Å². The number of hydrogen-bond donors (Lipinski definition) is 0. The predicted molar refractivity (Wildman–Crippen MR) is 89.2 cm³/mol. The number of hydrogen-bond acceptors (Lipinski definition) is 5. The van der Waals surface area contributed by atoms with E-state index in [-0.39, 0.29) is 5.91 Å². The Hall–Kier alpha value is -1.50. The van der Waals surface area contributed by atoms with E-state index in [2.05, 4.69) is 9.97 Å². The molecule has 116 valence electrons. The molecule has 0 fully saturated rings. The maximum atomic E-state index is 12.2. The lowest BCUT2D eigenvalue weighted by atomic mass is 10.1. The Morgan fingerprint density at radius 3 is 3.09 bits per heavy atom. The maximum Gasteiger partial charge on any atom is 0.246 e. The van der Waals surface area contributed by atoms with E-state index in [0.29, 0.717) is 18.2 Å². The zero-order valence-electron chi connectivity index (χ0n) is 12.5. The highest BCUT2D eigenvalue weighted by Crippen LogP contribution is 2.36. The summed E-state index contributed by atoms with van der Waals surface area (Å²) >= 11 is 7.79. The molecular formula is C15H17ClN4OS. The molecule has 22 heavy (non-hydrogen) atoms. The summed E-state index contributed by atoms with van der Waals surface area (Å²) in [4.78, 5) is 26.5. The van der Waals surface area contributed by atoms with Gasteiger partial charge in [-0.05, 0) is 26.1 Å². The number of aromatic nitrogens is 2. The van der Waals surface area contributed by atoms with Gasteiger partial charge >= 0.3 is 0 Å². The predicted octanol–water partition coefficient (Wildman–Crippen LogP) is 2.35. The van der Waals surface area contributed by atoms with Crippen molar-refractivity contribution in [1.29, 1.82) is 0 Å². The van der Waals surface area contributed by atoms with Gasteiger partial charge in [0, 0.05) is 24.0 Å². The van der Waals surface area contributed by atoms with Crippen LogP contribution in [0.5, 0.6) is 0 Å². The summed E-state index contributed by atoms with van der Waals surface area (Å²) in [6.07, 6.45) is 5.84. The summed E-state index contributed by atoms with van der Waals surface area (Å²) in [7, 11) is 3.95. The van der Waals surface area contributed by atoms with Crippen molar-refractivity contribution in [2.75, 3.05) is 27.2 Å². The van der Waals surface area contributed by atoms with Crippen molar-refractivity contribution in [2.24, 2.45) is 0 Å². The number of amides is 1. The van der Waals surface area contributed by atoms with E-state index in [9.17, 15) is 4.79 Å². The molecule has 1 amide bonds. The van der Waals surface area contributed by atoms with Crippen molar-refractivity contribution in [3.63, 3.8) is 0 Å². The van der Waals surface area contributed by atoms with Crippen LogP contribution in [0.1, 0.15) is 10.4 Å². The van der Waals surface area contributed by atoms with Crippen molar-refractivity contribution in [3.05, 3.63) is 34.1 Å². The molecule has 0 aliphatic carbocycles. The van der Waals surface area contributed by atoms with E-state index in [1.807, 2.05) is 30.0 Å². The van der Waals surface area contributed by atoms with Gasteiger partial charge in [0.2, 0.25) is 5.91 Å². The molecule has 1 aliphatic heterocycles. The molecule has 0 unspecified atom stereocenters. The molecule has 0 aromatic carbocycles. The molecule has 0 bridgehead atoms. The third-order valence-electron chi connectivity index (χ3n) is 3.63. The maximum absolute atomic E-state index is 12.2. The topological polar surface area (TPSA) is 49.3 Å². The second kappa shape index (κ2) is 6.32. The number of carbonyl (C=O) groups excluding carboxylic acids is 1. The molecule has 0 saturated heterocycles. The van der Waals surface area contributed by atoms with Gasteiger partial charge in [0.05, 0.1) is 11.9 Å². The van der Waals surface area contributed by atoms with Crippen LogP contribution >= 0.6 is 22.9 Å². The lowest BCUT2D eigenvalue weighted by Crippen LogP contribution is -2.34. The van der Waals surface area contributed by atoms with Gasteiger partial charge in [-0.3, -0.25) is 4.79 Å². The molecule has 5 nitrogen and oxygen atoms in total. The Balaban J connectivity index is 1.80. The van der Waals surface area contributed by atoms with Crippen LogP contribution in [0.2, 0.25) is 5.15 Å². The van der Waals surface area contributed by atoms with Gasteiger partial charge in [-0.15, -0.1) is 11.3 Å². The van der Waals surface area contributed by atoms with Crippen molar-refractivity contribution in [2.45, 2.75) is 13.0 Å². The van der Waals surface area contributed by atoms with Crippen LogP contribution < -0.4 is 0 Å². The van der Waals surface area contributed by atoms with Crippen LogP contribution in [0.3, 0.4) is 0 Å². The fraction of sp³-hybridized carbons (Fsp3) is 0.400. The zero-order chi connectivity index (χ0) is 15.7. The molecule has 1 aliphatic rings. The Morgan fingerprint density at radius 1 is 1.50 bits per heavy atom. The molecule has 3 rings (SSSR count). The lowest BCUT2D eigenvalue weighted by Gasteiger charge is -2.26. The van der Waals surface area contributed by atoms with Gasteiger partial charge in [-0.25, -0.2) is 9.97 Å². The number of halogens is 1. The average molecular weight is 337 g/mol. The number of rotatable bonds is 3. The summed E-state index contributed by atoms with van der Waals surface area (Å²) in [6, 6.07) is 0. The van der Waals surface area contributed by atoms with Crippen LogP contribution in [0, 0.1) is 0 Å². The molecular weight excluding hydrogens is 320 g/mol. The number of likely N-dealkylation sites (N-methyl/N-ethyl adjacent to an activating group) is 1. The number of thiophene rings is 1. The fourth-order valence-corrected chi connectivity index (χ4v) is 4.05. The summed E-state index contributed by atoms with van der Waals surface area (Å²) in [5.41, 5.74) is 1.20. The van der Waals surface area contributed by atoms with Crippen LogP contribution in [0.15, 0.2) is 18.5 Å². The minimum atomic E-state index is 0.0575. The van der Waals surface area contributed by atoms with Crippen LogP contribution in [-0.2, 0) is 17.8 Å². The minimum absolute atomic E-state index is 0.0575. The van der Waals surface area contributed by atoms with E-state index in [4.69, 9.17) is 11.6 Å². The highest BCUT2D eigenvalue weighted by molar-refractivity contribution is 7.19. The van der Waals surface area contributed by atoms with E-state index in [1.54, 1.807) is 17.4 Å². The van der Waals surface area contributed by atoms with Gasteiger partial charge in [-0.1, -0.05) is 17.7 Å². The van der Waals surface area contributed by atoms with E-state index >= 15 is 0 Å². The zero-order valence-corrected chi connectivity index (χ0v) is 14.1. The molecule has 0 atom stereocenters. The third-order valence-corrected chi connectivity index (χ3v) is 5.04. The average Bonchev–Trinajstić information content (AvgIpc) is 2.85. The Kier molecular flexibility index (Phi) is 4.42. The largest absolute Gasteiger partial charge is 0.334 e. The second-order valence-electron chi connectivity index (χ2n) is 5.52. The summed E-state index contributed by atoms with van der Waals surface area (Å²) in [5, 5.41) is 1.47. The fourth-order valence-electron chi connectivity index (χ4n) is 2.55. The van der Waals surface area contributed by atoms with E-state index < -0.39 is 0 Å². The first kappa shape index (κ1) is 15.4. The molecule has 7 heteroatoms. The normalized spacial score (nSPS) is 15.0. The lowest BCUT2D eigenvalue weighted by molar-refractivity contribution is -0.126. The highest BCUT2D eigenvalue weighted by Gasteiger charge is 2.24. The van der Waals surface area contributed by atoms with Gasteiger partial charge in [0.1, 0.15) is 16.3 Å². The van der Waals surface area contributed by atoms with E-state index in [1.165, 1.54) is 11.9 Å². The Bertz CT molecular complexity index is 740. The molecule has 0 N–H and O–H groups in total. The van der Waals surface area contributed by atoms with Crippen molar-refractivity contribution in [1.82, 2.24) is 19.8 Å². The SMILES string of the molecule is CN(C)C/C=C/C(=O)N1CCc2c(sc3ncnc(Cl)c23)C1. The van der Waals surface area contributed by atoms with Crippen molar-refractivity contribution < 1.29 is 4.79 Å². The first-order valence-corrected chi connectivity index (χ1v) is 8.26. The summed E-state index contributed by atoms with van der Waals surface area (Å²) in [5.74, 6) is 0.0575. The molecule has 0 saturated carbocycles.